The van der Waals surface area contributed by atoms with Gasteiger partial charge in [-0.15, -0.1) is 0 Å². The Morgan fingerprint density at radius 2 is 2.23 bits per heavy atom. The SMILES string of the molecule is Cc1cc(C#CC2CC2)ccc1/C(N)=C/NCCOCC1CCCCO1. The fraction of sp³-hybridized carbons (Fsp3) is 0.545. The van der Waals surface area contributed by atoms with Crippen molar-refractivity contribution in [3.63, 3.8) is 0 Å². The molecule has 1 aliphatic heterocycles. The standard InChI is InChI=1S/C22H30N2O2/c1-17-14-19(8-7-18-5-6-18)9-10-21(17)22(23)15-24-11-13-25-16-20-4-2-3-12-26-20/h9-10,14-15,18,20,24H,2-6,11-13,16,23H2,1H3/b22-15-. The molecule has 0 spiro atoms. The van der Waals surface area contributed by atoms with E-state index in [1.165, 1.54) is 25.7 Å². The van der Waals surface area contributed by atoms with Gasteiger partial charge < -0.3 is 20.5 Å². The zero-order valence-electron chi connectivity index (χ0n) is 15.7. The molecule has 2 fully saturated rings. The minimum Gasteiger partial charge on any atom is -0.397 e. The molecule has 140 valence electrons. The highest BCUT2D eigenvalue weighted by Crippen LogP contribution is 2.27. The number of hydrogen-bond donors (Lipinski definition) is 2. The third kappa shape index (κ3) is 6.09. The molecule has 0 amide bonds. The van der Waals surface area contributed by atoms with E-state index in [2.05, 4.69) is 36.2 Å². The first-order chi connectivity index (χ1) is 12.7. The zero-order valence-corrected chi connectivity index (χ0v) is 15.7. The average molecular weight is 354 g/mol. The lowest BCUT2D eigenvalue weighted by molar-refractivity contribution is -0.0396. The summed E-state index contributed by atoms with van der Waals surface area (Å²) in [6.45, 7) is 5.01. The normalized spacial score (nSPS) is 20.3. The minimum absolute atomic E-state index is 0.272. The van der Waals surface area contributed by atoms with Crippen molar-refractivity contribution < 1.29 is 9.47 Å². The fourth-order valence-corrected chi connectivity index (χ4v) is 3.02. The summed E-state index contributed by atoms with van der Waals surface area (Å²) in [4.78, 5) is 0. The van der Waals surface area contributed by atoms with Crippen molar-refractivity contribution in [1.82, 2.24) is 5.32 Å². The minimum atomic E-state index is 0.272. The van der Waals surface area contributed by atoms with Gasteiger partial charge in [-0.05, 0) is 56.7 Å². The molecule has 0 bridgehead atoms. The molecule has 1 saturated carbocycles. The Hall–Kier alpha value is -1.96. The lowest BCUT2D eigenvalue weighted by Crippen LogP contribution is -2.26. The molecule has 0 aromatic heterocycles. The second kappa shape index (κ2) is 9.66. The third-order valence-corrected chi connectivity index (χ3v) is 4.76. The van der Waals surface area contributed by atoms with Crippen molar-refractivity contribution >= 4 is 5.70 Å². The fourth-order valence-electron chi connectivity index (χ4n) is 3.02. The molecule has 1 unspecified atom stereocenters. The molecule has 1 atom stereocenters. The monoisotopic (exact) mass is 354 g/mol. The van der Waals surface area contributed by atoms with Crippen LogP contribution in [0.2, 0.25) is 0 Å². The van der Waals surface area contributed by atoms with Crippen molar-refractivity contribution in [2.24, 2.45) is 11.7 Å². The van der Waals surface area contributed by atoms with Crippen LogP contribution in [0.25, 0.3) is 5.70 Å². The Bertz CT molecular complexity index is 677. The first-order valence-corrected chi connectivity index (χ1v) is 9.73. The van der Waals surface area contributed by atoms with E-state index in [0.29, 0.717) is 19.1 Å². The molecular formula is C22H30N2O2. The van der Waals surface area contributed by atoms with Crippen LogP contribution in [0, 0.1) is 24.7 Å². The predicted molar refractivity (Wildman–Crippen MR) is 105 cm³/mol. The van der Waals surface area contributed by atoms with Crippen LogP contribution >= 0.6 is 0 Å². The van der Waals surface area contributed by atoms with E-state index < -0.39 is 0 Å². The molecule has 0 radical (unpaired) electrons. The van der Waals surface area contributed by atoms with E-state index in [-0.39, 0.29) is 6.10 Å². The van der Waals surface area contributed by atoms with Crippen LogP contribution in [0.15, 0.2) is 24.4 Å². The van der Waals surface area contributed by atoms with Gasteiger partial charge in [0.25, 0.3) is 0 Å². The Labute approximate surface area is 157 Å². The van der Waals surface area contributed by atoms with Gasteiger partial charge >= 0.3 is 0 Å². The maximum absolute atomic E-state index is 6.21. The number of ether oxygens (including phenoxy) is 2. The summed E-state index contributed by atoms with van der Waals surface area (Å²) >= 11 is 0. The van der Waals surface area contributed by atoms with Crippen molar-refractivity contribution in [2.75, 3.05) is 26.4 Å². The second-order valence-electron chi connectivity index (χ2n) is 7.19. The molecule has 1 saturated heterocycles. The van der Waals surface area contributed by atoms with E-state index in [1.54, 1.807) is 0 Å². The number of nitrogens with two attached hydrogens (primary N) is 1. The first-order valence-electron chi connectivity index (χ1n) is 9.73. The van der Waals surface area contributed by atoms with Crippen LogP contribution < -0.4 is 11.1 Å². The molecule has 3 rings (SSSR count). The van der Waals surface area contributed by atoms with Crippen molar-refractivity contribution in [2.45, 2.75) is 45.1 Å². The van der Waals surface area contributed by atoms with Gasteiger partial charge in [-0.1, -0.05) is 17.9 Å². The van der Waals surface area contributed by atoms with Crippen LogP contribution in [0.1, 0.15) is 48.8 Å². The summed E-state index contributed by atoms with van der Waals surface area (Å²) in [5.41, 5.74) is 10.2. The largest absolute Gasteiger partial charge is 0.397 e. The molecule has 1 aromatic carbocycles. The highest BCUT2D eigenvalue weighted by atomic mass is 16.5. The molecule has 1 heterocycles. The Morgan fingerprint density at radius 3 is 2.96 bits per heavy atom. The molecule has 1 aliphatic carbocycles. The van der Waals surface area contributed by atoms with Crippen LogP contribution in [-0.4, -0.2) is 32.5 Å². The summed E-state index contributed by atoms with van der Waals surface area (Å²) in [5.74, 6) is 7.17. The quantitative estimate of drug-likeness (QED) is 0.583. The van der Waals surface area contributed by atoms with E-state index in [4.69, 9.17) is 15.2 Å². The van der Waals surface area contributed by atoms with Gasteiger partial charge in [-0.3, -0.25) is 0 Å². The van der Waals surface area contributed by atoms with Crippen LogP contribution in [0.5, 0.6) is 0 Å². The van der Waals surface area contributed by atoms with Crippen molar-refractivity contribution in [3.8, 4) is 11.8 Å². The smallest absolute Gasteiger partial charge is 0.0808 e. The van der Waals surface area contributed by atoms with E-state index in [9.17, 15) is 0 Å². The van der Waals surface area contributed by atoms with E-state index >= 15 is 0 Å². The second-order valence-corrected chi connectivity index (χ2v) is 7.19. The molecule has 2 aliphatic rings. The molecular weight excluding hydrogens is 324 g/mol. The number of hydrogen-bond acceptors (Lipinski definition) is 4. The van der Waals surface area contributed by atoms with Gasteiger partial charge in [0.15, 0.2) is 0 Å². The summed E-state index contributed by atoms with van der Waals surface area (Å²) in [6.07, 6.45) is 8.17. The maximum Gasteiger partial charge on any atom is 0.0808 e. The van der Waals surface area contributed by atoms with Gasteiger partial charge in [-0.25, -0.2) is 0 Å². The van der Waals surface area contributed by atoms with Crippen LogP contribution in [0.3, 0.4) is 0 Å². The van der Waals surface area contributed by atoms with Gasteiger partial charge in [0.1, 0.15) is 0 Å². The zero-order chi connectivity index (χ0) is 18.2. The topological polar surface area (TPSA) is 56.5 Å². The number of aryl methyl sites for hydroxylation is 1. The van der Waals surface area contributed by atoms with Crippen molar-refractivity contribution in [3.05, 3.63) is 41.1 Å². The van der Waals surface area contributed by atoms with Crippen LogP contribution in [0.4, 0.5) is 0 Å². The molecule has 26 heavy (non-hydrogen) atoms. The Morgan fingerprint density at radius 1 is 1.35 bits per heavy atom. The van der Waals surface area contributed by atoms with Gasteiger partial charge in [0.05, 0.1) is 25.0 Å². The Kier molecular flexibility index (Phi) is 6.99. The summed E-state index contributed by atoms with van der Waals surface area (Å²) < 4.78 is 11.3. The summed E-state index contributed by atoms with van der Waals surface area (Å²) in [6, 6.07) is 6.21. The number of nitrogens with one attached hydrogen (secondary N) is 1. The number of rotatable bonds is 7. The summed E-state index contributed by atoms with van der Waals surface area (Å²) in [7, 11) is 0. The average Bonchev–Trinajstić information content (AvgIpc) is 3.48. The molecule has 4 nitrogen and oxygen atoms in total. The lowest BCUT2D eigenvalue weighted by atomic mass is 10.0. The molecule has 4 heteroatoms. The van der Waals surface area contributed by atoms with E-state index in [0.717, 1.165) is 42.0 Å². The Balaban J connectivity index is 1.40. The predicted octanol–water partition coefficient (Wildman–Crippen LogP) is 3.19. The van der Waals surface area contributed by atoms with Gasteiger partial charge in [0.2, 0.25) is 0 Å². The van der Waals surface area contributed by atoms with Crippen LogP contribution in [-0.2, 0) is 9.47 Å². The molecule has 1 aromatic rings. The van der Waals surface area contributed by atoms with Crippen molar-refractivity contribution in [1.29, 1.82) is 0 Å². The number of benzene rings is 1. The summed E-state index contributed by atoms with van der Waals surface area (Å²) in [5, 5.41) is 3.23. The highest BCUT2D eigenvalue weighted by Gasteiger charge is 2.17. The van der Waals surface area contributed by atoms with E-state index in [1.807, 2.05) is 12.3 Å². The van der Waals surface area contributed by atoms with Gasteiger partial charge in [0, 0.05) is 36.4 Å². The maximum atomic E-state index is 6.21. The van der Waals surface area contributed by atoms with Gasteiger partial charge in [-0.2, -0.15) is 0 Å². The lowest BCUT2D eigenvalue weighted by Gasteiger charge is -2.22. The molecule has 3 N–H and O–H groups in total. The first kappa shape index (κ1) is 18.8. The third-order valence-electron chi connectivity index (χ3n) is 4.76. The highest BCUT2D eigenvalue weighted by molar-refractivity contribution is 5.66.